The molecule has 1 aliphatic heterocycles. The molecule has 1 unspecified atom stereocenters. The van der Waals surface area contributed by atoms with Gasteiger partial charge in [0.05, 0.1) is 5.75 Å². The first-order valence-corrected chi connectivity index (χ1v) is 10.8. The van der Waals surface area contributed by atoms with Gasteiger partial charge in [-0.2, -0.15) is 0 Å². The molecule has 3 aromatic rings. The van der Waals surface area contributed by atoms with Crippen LogP contribution in [0, 0.1) is 0 Å². The van der Waals surface area contributed by atoms with Crippen LogP contribution in [-0.4, -0.2) is 31.7 Å². The molecule has 30 heavy (non-hydrogen) atoms. The molecule has 1 heterocycles. The summed E-state index contributed by atoms with van der Waals surface area (Å²) >= 11 is 1.61. The van der Waals surface area contributed by atoms with E-state index < -0.39 is 0 Å². The summed E-state index contributed by atoms with van der Waals surface area (Å²) in [5, 5.41) is 2.83. The van der Waals surface area contributed by atoms with E-state index in [1.54, 1.807) is 23.9 Å². The van der Waals surface area contributed by atoms with Gasteiger partial charge in [-0.05, 0) is 54.1 Å². The fraction of sp³-hybridized carbons (Fsp3) is 0.167. The van der Waals surface area contributed by atoms with Gasteiger partial charge in [-0.1, -0.05) is 30.3 Å². The molecule has 1 N–H and O–H groups in total. The first kappa shape index (κ1) is 20.0. The van der Waals surface area contributed by atoms with Crippen LogP contribution >= 0.6 is 11.8 Å². The third kappa shape index (κ3) is 4.19. The summed E-state index contributed by atoms with van der Waals surface area (Å²) in [6.45, 7) is 0. The Balaban J connectivity index is 1.51. The van der Waals surface area contributed by atoms with E-state index in [1.807, 2.05) is 90.6 Å². The van der Waals surface area contributed by atoms with Gasteiger partial charge in [-0.25, -0.2) is 0 Å². The minimum Gasteiger partial charge on any atom is -0.378 e. The van der Waals surface area contributed by atoms with Crippen molar-refractivity contribution in [2.24, 2.45) is 0 Å². The van der Waals surface area contributed by atoms with Crippen molar-refractivity contribution in [3.63, 3.8) is 0 Å². The summed E-state index contributed by atoms with van der Waals surface area (Å²) < 4.78 is 0. The number of thioether (sulfide) groups is 1. The van der Waals surface area contributed by atoms with Crippen molar-refractivity contribution in [3.05, 3.63) is 90.0 Å². The molecule has 5 nitrogen and oxygen atoms in total. The molecule has 3 aromatic carbocycles. The second kappa shape index (κ2) is 8.63. The molecule has 0 spiro atoms. The van der Waals surface area contributed by atoms with Gasteiger partial charge in [0.25, 0.3) is 5.91 Å². The molecule has 1 aliphatic rings. The second-order valence-electron chi connectivity index (χ2n) is 7.28. The van der Waals surface area contributed by atoms with Crippen LogP contribution in [0.2, 0.25) is 0 Å². The summed E-state index contributed by atoms with van der Waals surface area (Å²) in [6, 6.07) is 24.8. The van der Waals surface area contributed by atoms with Gasteiger partial charge in [0.15, 0.2) is 0 Å². The Labute approximate surface area is 180 Å². The van der Waals surface area contributed by atoms with Crippen molar-refractivity contribution in [1.82, 2.24) is 0 Å². The number of nitrogens with zero attached hydrogens (tertiary/aromatic N) is 2. The van der Waals surface area contributed by atoms with Gasteiger partial charge in [0.1, 0.15) is 5.37 Å². The van der Waals surface area contributed by atoms with Gasteiger partial charge in [-0.15, -0.1) is 11.8 Å². The van der Waals surface area contributed by atoms with Crippen molar-refractivity contribution >= 4 is 40.6 Å². The van der Waals surface area contributed by atoms with Crippen molar-refractivity contribution in [3.8, 4) is 0 Å². The lowest BCUT2D eigenvalue weighted by atomic mass is 10.1. The van der Waals surface area contributed by atoms with E-state index >= 15 is 0 Å². The normalized spacial score (nSPS) is 15.9. The van der Waals surface area contributed by atoms with Gasteiger partial charge in [0.2, 0.25) is 5.91 Å². The van der Waals surface area contributed by atoms with Crippen molar-refractivity contribution in [2.45, 2.75) is 5.37 Å². The largest absolute Gasteiger partial charge is 0.378 e. The van der Waals surface area contributed by atoms with Crippen LogP contribution < -0.4 is 15.1 Å². The molecule has 1 saturated heterocycles. The highest BCUT2D eigenvalue weighted by molar-refractivity contribution is 8.00. The highest BCUT2D eigenvalue weighted by Crippen LogP contribution is 2.42. The number of carbonyl (C=O) groups excluding carboxylic acids is 2. The van der Waals surface area contributed by atoms with Crippen LogP contribution in [0.5, 0.6) is 0 Å². The molecule has 0 aliphatic carbocycles. The molecule has 0 bridgehead atoms. The summed E-state index contributed by atoms with van der Waals surface area (Å²) in [6.07, 6.45) is 0. The highest BCUT2D eigenvalue weighted by atomic mass is 32.2. The third-order valence-corrected chi connectivity index (χ3v) is 6.21. The Kier molecular flexibility index (Phi) is 5.77. The van der Waals surface area contributed by atoms with Crippen LogP contribution in [0.15, 0.2) is 78.9 Å². The molecule has 1 atom stereocenters. The van der Waals surface area contributed by atoms with Crippen molar-refractivity contribution < 1.29 is 9.59 Å². The summed E-state index contributed by atoms with van der Waals surface area (Å²) in [5.74, 6) is 0.410. The topological polar surface area (TPSA) is 52.6 Å². The molecule has 1 fully saturated rings. The molecule has 0 aromatic heterocycles. The van der Waals surface area contributed by atoms with Gasteiger partial charge in [0, 0.05) is 36.7 Å². The van der Waals surface area contributed by atoms with Crippen molar-refractivity contribution in [1.29, 1.82) is 0 Å². The number of nitrogens with one attached hydrogen (secondary N) is 1. The van der Waals surface area contributed by atoms with E-state index in [-0.39, 0.29) is 17.2 Å². The van der Waals surface area contributed by atoms with E-state index in [0.29, 0.717) is 11.3 Å². The molecule has 2 amide bonds. The first-order chi connectivity index (χ1) is 14.5. The molecule has 0 saturated carbocycles. The zero-order chi connectivity index (χ0) is 21.1. The van der Waals surface area contributed by atoms with Crippen LogP contribution in [0.25, 0.3) is 0 Å². The Morgan fingerprint density at radius 2 is 1.63 bits per heavy atom. The van der Waals surface area contributed by atoms with E-state index in [2.05, 4.69) is 5.32 Å². The van der Waals surface area contributed by atoms with E-state index in [4.69, 9.17) is 0 Å². The average Bonchev–Trinajstić information content (AvgIpc) is 3.16. The number of carbonyl (C=O) groups is 2. The third-order valence-electron chi connectivity index (χ3n) is 5.00. The predicted octanol–water partition coefficient (Wildman–Crippen LogP) is 4.78. The average molecular weight is 418 g/mol. The van der Waals surface area contributed by atoms with Crippen molar-refractivity contribution in [2.75, 3.05) is 35.0 Å². The fourth-order valence-corrected chi connectivity index (χ4v) is 4.56. The standard InChI is InChI=1S/C24H23N3O2S/c1-26(2)20-12-14-21(15-13-20)27-22(28)16-30-24(27)18-8-10-19(11-9-18)25-23(29)17-6-4-3-5-7-17/h3-15,24H,16H2,1-2H3,(H,25,29). The maximum Gasteiger partial charge on any atom is 0.255 e. The zero-order valence-corrected chi connectivity index (χ0v) is 17.7. The maximum absolute atomic E-state index is 12.6. The highest BCUT2D eigenvalue weighted by Gasteiger charge is 2.34. The van der Waals surface area contributed by atoms with Crippen LogP contribution in [-0.2, 0) is 4.79 Å². The maximum atomic E-state index is 12.6. The summed E-state index contributed by atoms with van der Waals surface area (Å²) in [7, 11) is 3.99. The Morgan fingerprint density at radius 3 is 2.27 bits per heavy atom. The molecule has 0 radical (unpaired) electrons. The van der Waals surface area contributed by atoms with Crippen LogP contribution in [0.1, 0.15) is 21.3 Å². The smallest absolute Gasteiger partial charge is 0.255 e. The second-order valence-corrected chi connectivity index (χ2v) is 8.35. The Bertz CT molecular complexity index is 1030. The predicted molar refractivity (Wildman–Crippen MR) is 124 cm³/mol. The van der Waals surface area contributed by atoms with Crippen LogP contribution in [0.3, 0.4) is 0 Å². The minimum absolute atomic E-state index is 0.0819. The molecular weight excluding hydrogens is 394 g/mol. The quantitative estimate of drug-likeness (QED) is 0.649. The first-order valence-electron chi connectivity index (χ1n) is 9.70. The van der Waals surface area contributed by atoms with Gasteiger partial charge in [-0.3, -0.25) is 14.5 Å². The molecule has 6 heteroatoms. The van der Waals surface area contributed by atoms with E-state index in [0.717, 1.165) is 22.6 Å². The number of anilines is 3. The Morgan fingerprint density at radius 1 is 0.967 bits per heavy atom. The molecule has 152 valence electrons. The lowest BCUT2D eigenvalue weighted by Gasteiger charge is -2.25. The van der Waals surface area contributed by atoms with E-state index in [9.17, 15) is 9.59 Å². The monoisotopic (exact) mass is 417 g/mol. The van der Waals surface area contributed by atoms with E-state index in [1.165, 1.54) is 0 Å². The fourth-order valence-electron chi connectivity index (χ4n) is 3.39. The van der Waals surface area contributed by atoms with Gasteiger partial charge < -0.3 is 10.2 Å². The SMILES string of the molecule is CN(C)c1ccc(N2C(=O)CSC2c2ccc(NC(=O)c3ccccc3)cc2)cc1. The number of hydrogen-bond acceptors (Lipinski definition) is 4. The molecular formula is C24H23N3O2S. The minimum atomic E-state index is -0.142. The van der Waals surface area contributed by atoms with Crippen LogP contribution in [0.4, 0.5) is 17.1 Å². The number of amides is 2. The molecule has 4 rings (SSSR count). The summed E-state index contributed by atoms with van der Waals surface area (Å²) in [4.78, 5) is 28.8. The number of benzene rings is 3. The number of hydrogen-bond donors (Lipinski definition) is 1. The lowest BCUT2D eigenvalue weighted by molar-refractivity contribution is -0.115. The number of rotatable bonds is 5. The Hall–Kier alpha value is -3.25. The summed E-state index contributed by atoms with van der Waals surface area (Å²) in [5.41, 5.74) is 4.35. The van der Waals surface area contributed by atoms with Gasteiger partial charge >= 0.3 is 0 Å². The zero-order valence-electron chi connectivity index (χ0n) is 16.9. The lowest BCUT2D eigenvalue weighted by Crippen LogP contribution is -2.27.